The van der Waals surface area contributed by atoms with Crippen molar-refractivity contribution in [1.29, 1.82) is 0 Å². The monoisotopic (exact) mass is 213 g/mol. The fourth-order valence-electron chi connectivity index (χ4n) is 0.932. The van der Waals surface area contributed by atoms with Crippen LogP contribution in [-0.2, 0) is 16.2 Å². The third kappa shape index (κ3) is 3.06. The van der Waals surface area contributed by atoms with Gasteiger partial charge in [0.15, 0.2) is 6.61 Å². The Morgan fingerprint density at radius 3 is 3.07 bits per heavy atom. The summed E-state index contributed by atoms with van der Waals surface area (Å²) >= 11 is 0. The van der Waals surface area contributed by atoms with E-state index in [0.717, 1.165) is 0 Å². The highest BCUT2D eigenvalue weighted by molar-refractivity contribution is 5.68. The fourth-order valence-corrected chi connectivity index (χ4v) is 0.932. The van der Waals surface area contributed by atoms with Gasteiger partial charge in [-0.05, 0) is 6.92 Å². The van der Waals surface area contributed by atoms with Gasteiger partial charge in [-0.2, -0.15) is 0 Å². The third-order valence-electron chi connectivity index (χ3n) is 1.62. The van der Waals surface area contributed by atoms with Gasteiger partial charge in [0.2, 0.25) is 5.82 Å². The molecule has 1 rings (SSSR count). The van der Waals surface area contributed by atoms with Crippen LogP contribution in [0.25, 0.3) is 0 Å². The van der Waals surface area contributed by atoms with Crippen LogP contribution in [-0.4, -0.2) is 27.2 Å². The van der Waals surface area contributed by atoms with E-state index in [2.05, 4.69) is 15.3 Å². The molecule has 0 saturated heterocycles. The van der Waals surface area contributed by atoms with Gasteiger partial charge in [-0.1, -0.05) is 0 Å². The zero-order valence-electron chi connectivity index (χ0n) is 8.14. The van der Waals surface area contributed by atoms with Crippen molar-refractivity contribution in [2.45, 2.75) is 13.5 Å². The Bertz CT molecular complexity index is 401. The Labute approximate surface area is 85.3 Å². The minimum absolute atomic E-state index is 0.0272. The summed E-state index contributed by atoms with van der Waals surface area (Å²) in [5, 5.41) is 8.29. The van der Waals surface area contributed by atoms with E-state index in [1.165, 1.54) is 17.0 Å². The normalized spacial score (nSPS) is 9.93. The number of aromatic nitrogens is 2. The molecule has 7 heteroatoms. The topological polar surface area (TPSA) is 93.4 Å². The standard InChI is InChI=1S/C8H11N3O4/c1-2-11-4-3-9-7(8(11)14)10-15-5-6(12)13/h3-4H,2,5H2,1H3,(H,9,10)(H,12,13). The van der Waals surface area contributed by atoms with Crippen molar-refractivity contribution in [1.82, 2.24) is 9.55 Å². The van der Waals surface area contributed by atoms with Crippen LogP contribution >= 0.6 is 0 Å². The number of aliphatic carboxylic acids is 1. The molecule has 1 aromatic rings. The lowest BCUT2D eigenvalue weighted by molar-refractivity contribution is -0.141. The summed E-state index contributed by atoms with van der Waals surface area (Å²) in [6, 6.07) is 0. The van der Waals surface area contributed by atoms with Gasteiger partial charge >= 0.3 is 5.97 Å². The zero-order valence-corrected chi connectivity index (χ0v) is 8.14. The quantitative estimate of drug-likeness (QED) is 0.652. The first-order valence-electron chi connectivity index (χ1n) is 4.30. The van der Waals surface area contributed by atoms with Gasteiger partial charge in [-0.3, -0.25) is 9.63 Å². The van der Waals surface area contributed by atoms with Gasteiger partial charge < -0.3 is 9.67 Å². The number of hydrogen-bond donors (Lipinski definition) is 2. The number of carboxylic acids is 1. The van der Waals surface area contributed by atoms with E-state index in [-0.39, 0.29) is 11.4 Å². The maximum Gasteiger partial charge on any atom is 0.332 e. The third-order valence-corrected chi connectivity index (χ3v) is 1.62. The van der Waals surface area contributed by atoms with E-state index in [9.17, 15) is 9.59 Å². The number of hydrogen-bond acceptors (Lipinski definition) is 5. The highest BCUT2D eigenvalue weighted by Gasteiger charge is 2.04. The van der Waals surface area contributed by atoms with Crippen molar-refractivity contribution >= 4 is 11.8 Å². The average Bonchev–Trinajstić information content (AvgIpc) is 2.20. The van der Waals surface area contributed by atoms with Crippen LogP contribution in [0.4, 0.5) is 5.82 Å². The lowest BCUT2D eigenvalue weighted by Crippen LogP contribution is -2.24. The summed E-state index contributed by atoms with van der Waals surface area (Å²) in [4.78, 5) is 29.9. The Hall–Kier alpha value is -1.89. The maximum atomic E-state index is 11.5. The minimum atomic E-state index is -1.13. The van der Waals surface area contributed by atoms with Crippen molar-refractivity contribution in [3.63, 3.8) is 0 Å². The first-order chi connectivity index (χ1) is 7.15. The molecule has 15 heavy (non-hydrogen) atoms. The molecule has 0 unspecified atom stereocenters. The number of aryl methyl sites for hydroxylation is 1. The fraction of sp³-hybridized carbons (Fsp3) is 0.375. The molecule has 0 spiro atoms. The van der Waals surface area contributed by atoms with Crippen LogP contribution < -0.4 is 11.0 Å². The molecule has 0 aromatic carbocycles. The minimum Gasteiger partial charge on any atom is -0.479 e. The Morgan fingerprint density at radius 2 is 2.47 bits per heavy atom. The molecule has 0 aliphatic carbocycles. The molecule has 0 radical (unpaired) electrons. The lowest BCUT2D eigenvalue weighted by atomic mass is 10.6. The van der Waals surface area contributed by atoms with Crippen LogP contribution in [0.1, 0.15) is 6.92 Å². The predicted octanol–water partition coefficient (Wildman–Crippen LogP) is -0.309. The predicted molar refractivity (Wildman–Crippen MR) is 51.4 cm³/mol. The molecular formula is C8H11N3O4. The highest BCUT2D eigenvalue weighted by Crippen LogP contribution is 1.92. The molecule has 0 bridgehead atoms. The Balaban J connectivity index is 2.69. The average molecular weight is 213 g/mol. The van der Waals surface area contributed by atoms with Gasteiger partial charge in [-0.15, -0.1) is 0 Å². The van der Waals surface area contributed by atoms with Gasteiger partial charge in [-0.25, -0.2) is 15.3 Å². The number of nitrogens with zero attached hydrogens (tertiary/aromatic N) is 2. The van der Waals surface area contributed by atoms with Crippen LogP contribution in [0.5, 0.6) is 0 Å². The summed E-state index contributed by atoms with van der Waals surface area (Å²) < 4.78 is 1.42. The highest BCUT2D eigenvalue weighted by atomic mass is 16.7. The first-order valence-corrected chi connectivity index (χ1v) is 4.30. The molecule has 1 aromatic heterocycles. The molecule has 0 aliphatic heterocycles. The van der Waals surface area contributed by atoms with Crippen LogP contribution in [0.3, 0.4) is 0 Å². The van der Waals surface area contributed by atoms with E-state index in [1.807, 2.05) is 6.92 Å². The maximum absolute atomic E-state index is 11.5. The van der Waals surface area contributed by atoms with Crippen LogP contribution in [0.15, 0.2) is 17.2 Å². The van der Waals surface area contributed by atoms with Gasteiger partial charge in [0.25, 0.3) is 5.56 Å². The second kappa shape index (κ2) is 5.11. The summed E-state index contributed by atoms with van der Waals surface area (Å²) in [6.07, 6.45) is 2.96. The second-order valence-electron chi connectivity index (χ2n) is 2.65. The van der Waals surface area contributed by atoms with Gasteiger partial charge in [0, 0.05) is 18.9 Å². The molecule has 82 valence electrons. The van der Waals surface area contributed by atoms with E-state index in [4.69, 9.17) is 5.11 Å². The zero-order chi connectivity index (χ0) is 11.3. The van der Waals surface area contributed by atoms with Crippen LogP contribution in [0, 0.1) is 0 Å². The van der Waals surface area contributed by atoms with E-state index >= 15 is 0 Å². The molecule has 0 aliphatic rings. The van der Waals surface area contributed by atoms with E-state index in [1.54, 1.807) is 0 Å². The molecule has 2 N–H and O–H groups in total. The van der Waals surface area contributed by atoms with Crippen molar-refractivity contribution in [3.05, 3.63) is 22.7 Å². The number of anilines is 1. The van der Waals surface area contributed by atoms with Crippen LogP contribution in [0.2, 0.25) is 0 Å². The van der Waals surface area contributed by atoms with Gasteiger partial charge in [0.05, 0.1) is 0 Å². The Kier molecular flexibility index (Phi) is 3.81. The number of nitrogens with one attached hydrogen (secondary N) is 1. The number of carbonyl (C=O) groups is 1. The first kappa shape index (κ1) is 11.2. The number of carboxylic acid groups (broad SMARTS) is 1. The molecule has 0 fully saturated rings. The summed E-state index contributed by atoms with van der Waals surface area (Å²) in [5.74, 6) is -1.16. The second-order valence-corrected chi connectivity index (χ2v) is 2.65. The summed E-state index contributed by atoms with van der Waals surface area (Å²) in [5.41, 5.74) is 1.84. The SMILES string of the molecule is CCn1ccnc(NOCC(=O)O)c1=O. The molecule has 0 saturated carbocycles. The van der Waals surface area contributed by atoms with E-state index < -0.39 is 12.6 Å². The van der Waals surface area contributed by atoms with Crippen molar-refractivity contribution in [2.24, 2.45) is 0 Å². The lowest BCUT2D eigenvalue weighted by Gasteiger charge is -2.05. The smallest absolute Gasteiger partial charge is 0.332 e. The van der Waals surface area contributed by atoms with Crippen molar-refractivity contribution in [2.75, 3.05) is 12.1 Å². The van der Waals surface area contributed by atoms with Crippen molar-refractivity contribution in [3.8, 4) is 0 Å². The molecular weight excluding hydrogens is 202 g/mol. The molecule has 7 nitrogen and oxygen atoms in total. The Morgan fingerprint density at radius 1 is 1.73 bits per heavy atom. The van der Waals surface area contributed by atoms with Gasteiger partial charge in [0.1, 0.15) is 0 Å². The summed E-state index contributed by atoms with van der Waals surface area (Å²) in [7, 11) is 0. The van der Waals surface area contributed by atoms with E-state index in [0.29, 0.717) is 6.54 Å². The summed E-state index contributed by atoms with van der Waals surface area (Å²) in [6.45, 7) is 1.78. The molecule has 0 atom stereocenters. The molecule has 1 heterocycles. The molecule has 0 amide bonds. The largest absolute Gasteiger partial charge is 0.479 e. The number of rotatable bonds is 5. The van der Waals surface area contributed by atoms with Crippen molar-refractivity contribution < 1.29 is 14.7 Å².